The molecule has 1 rings (SSSR count). The monoisotopic (exact) mass is 269 g/mol. The number of benzene rings is 1. The minimum absolute atomic E-state index is 0.0359. The molecule has 0 radical (unpaired) electrons. The van der Waals surface area contributed by atoms with Gasteiger partial charge in [0.1, 0.15) is 18.1 Å². The van der Waals surface area contributed by atoms with E-state index in [-0.39, 0.29) is 6.61 Å². The number of hydrogen-bond acceptors (Lipinski definition) is 5. The summed E-state index contributed by atoms with van der Waals surface area (Å²) in [5.41, 5.74) is 1.06. The topological polar surface area (TPSA) is 60.0 Å². The number of aliphatic hydroxyl groups excluding tert-OH is 1. The van der Waals surface area contributed by atoms with Crippen LogP contribution in [0.4, 0.5) is 0 Å². The zero-order chi connectivity index (χ0) is 13.9. The summed E-state index contributed by atoms with van der Waals surface area (Å²) >= 11 is 0. The predicted molar refractivity (Wildman–Crippen MR) is 73.8 cm³/mol. The molecule has 0 bridgehead atoms. The van der Waals surface area contributed by atoms with Gasteiger partial charge in [0.15, 0.2) is 0 Å². The Balaban J connectivity index is 2.54. The Kier molecular flexibility index (Phi) is 7.97. The van der Waals surface area contributed by atoms with E-state index in [0.717, 1.165) is 30.2 Å². The van der Waals surface area contributed by atoms with Crippen molar-refractivity contribution < 1.29 is 19.3 Å². The Morgan fingerprint density at radius 1 is 1.21 bits per heavy atom. The lowest BCUT2D eigenvalue weighted by Gasteiger charge is -2.13. The van der Waals surface area contributed by atoms with E-state index in [0.29, 0.717) is 19.8 Å². The molecule has 1 aromatic rings. The third-order valence-electron chi connectivity index (χ3n) is 2.55. The van der Waals surface area contributed by atoms with Crippen LogP contribution in [0.5, 0.6) is 11.5 Å². The quantitative estimate of drug-likeness (QED) is 0.625. The SMILES string of the molecule is CCNCc1cc(OC)ccc1OCCOCCO. The Hall–Kier alpha value is -1.30. The fourth-order valence-electron chi connectivity index (χ4n) is 1.60. The van der Waals surface area contributed by atoms with Crippen molar-refractivity contribution in [2.24, 2.45) is 0 Å². The lowest BCUT2D eigenvalue weighted by molar-refractivity contribution is 0.0703. The van der Waals surface area contributed by atoms with Crippen molar-refractivity contribution in [2.45, 2.75) is 13.5 Å². The molecule has 0 heterocycles. The lowest BCUT2D eigenvalue weighted by atomic mass is 10.2. The molecule has 5 nitrogen and oxygen atoms in total. The second kappa shape index (κ2) is 9.61. The summed E-state index contributed by atoms with van der Waals surface area (Å²) in [5, 5.41) is 11.9. The van der Waals surface area contributed by atoms with Gasteiger partial charge in [-0.2, -0.15) is 0 Å². The van der Waals surface area contributed by atoms with Crippen LogP contribution in [0.2, 0.25) is 0 Å². The van der Waals surface area contributed by atoms with Crippen LogP contribution < -0.4 is 14.8 Å². The third kappa shape index (κ3) is 5.92. The molecule has 0 aliphatic heterocycles. The van der Waals surface area contributed by atoms with Gasteiger partial charge < -0.3 is 24.6 Å². The van der Waals surface area contributed by atoms with Crippen LogP contribution in [-0.2, 0) is 11.3 Å². The van der Waals surface area contributed by atoms with Crippen LogP contribution in [0, 0.1) is 0 Å². The Bertz CT molecular complexity index is 357. The zero-order valence-electron chi connectivity index (χ0n) is 11.6. The van der Waals surface area contributed by atoms with Crippen LogP contribution in [-0.4, -0.2) is 45.2 Å². The van der Waals surface area contributed by atoms with Gasteiger partial charge >= 0.3 is 0 Å². The largest absolute Gasteiger partial charge is 0.497 e. The Labute approximate surface area is 114 Å². The molecule has 108 valence electrons. The van der Waals surface area contributed by atoms with E-state index in [1.54, 1.807) is 7.11 Å². The van der Waals surface area contributed by atoms with Crippen LogP contribution in [0.15, 0.2) is 18.2 Å². The molecule has 19 heavy (non-hydrogen) atoms. The Morgan fingerprint density at radius 3 is 2.74 bits per heavy atom. The van der Waals surface area contributed by atoms with Crippen LogP contribution in [0.1, 0.15) is 12.5 Å². The number of hydrogen-bond donors (Lipinski definition) is 2. The van der Waals surface area contributed by atoms with Crippen LogP contribution >= 0.6 is 0 Å². The highest BCUT2D eigenvalue weighted by Crippen LogP contribution is 2.24. The highest BCUT2D eigenvalue weighted by atomic mass is 16.5. The normalized spacial score (nSPS) is 10.5. The summed E-state index contributed by atoms with van der Waals surface area (Å²) in [6.45, 7) is 5.00. The summed E-state index contributed by atoms with van der Waals surface area (Å²) in [6, 6.07) is 5.74. The average Bonchev–Trinajstić information content (AvgIpc) is 2.45. The molecule has 5 heteroatoms. The summed E-state index contributed by atoms with van der Waals surface area (Å²) in [4.78, 5) is 0. The molecule has 0 spiro atoms. The number of methoxy groups -OCH3 is 1. The number of rotatable bonds is 10. The highest BCUT2D eigenvalue weighted by Gasteiger charge is 2.05. The van der Waals surface area contributed by atoms with Crippen molar-refractivity contribution >= 4 is 0 Å². The lowest BCUT2D eigenvalue weighted by Crippen LogP contribution is -2.14. The second-order valence-electron chi connectivity index (χ2n) is 3.94. The van der Waals surface area contributed by atoms with Gasteiger partial charge in [0, 0.05) is 12.1 Å². The summed E-state index contributed by atoms with van der Waals surface area (Å²) in [5.74, 6) is 1.64. The molecule has 2 N–H and O–H groups in total. The molecule has 0 atom stereocenters. The second-order valence-corrected chi connectivity index (χ2v) is 3.94. The molecule has 0 unspecified atom stereocenters. The van der Waals surface area contributed by atoms with Gasteiger partial charge in [-0.25, -0.2) is 0 Å². The zero-order valence-corrected chi connectivity index (χ0v) is 11.6. The first-order valence-corrected chi connectivity index (χ1v) is 6.50. The molecule has 0 aliphatic rings. The molecule has 1 aromatic carbocycles. The highest BCUT2D eigenvalue weighted by molar-refractivity contribution is 5.40. The smallest absolute Gasteiger partial charge is 0.124 e. The van der Waals surface area contributed by atoms with E-state index in [1.165, 1.54) is 0 Å². The number of nitrogens with one attached hydrogen (secondary N) is 1. The first kappa shape index (κ1) is 15.8. The minimum Gasteiger partial charge on any atom is -0.497 e. The average molecular weight is 269 g/mol. The molecule has 0 fully saturated rings. The van der Waals surface area contributed by atoms with Gasteiger partial charge in [-0.05, 0) is 24.7 Å². The van der Waals surface area contributed by atoms with Gasteiger partial charge in [0.25, 0.3) is 0 Å². The van der Waals surface area contributed by atoms with Crippen molar-refractivity contribution in [2.75, 3.05) is 40.1 Å². The molecule has 0 aromatic heterocycles. The van der Waals surface area contributed by atoms with Gasteiger partial charge in [-0.3, -0.25) is 0 Å². The fraction of sp³-hybridized carbons (Fsp3) is 0.571. The molecule has 0 aliphatic carbocycles. The van der Waals surface area contributed by atoms with E-state index in [9.17, 15) is 0 Å². The van der Waals surface area contributed by atoms with Crippen molar-refractivity contribution in [3.05, 3.63) is 23.8 Å². The van der Waals surface area contributed by atoms with Crippen LogP contribution in [0.25, 0.3) is 0 Å². The Morgan fingerprint density at radius 2 is 2.05 bits per heavy atom. The van der Waals surface area contributed by atoms with Gasteiger partial charge in [-0.1, -0.05) is 6.92 Å². The molecule has 0 saturated heterocycles. The first-order valence-electron chi connectivity index (χ1n) is 6.50. The molecule has 0 saturated carbocycles. The van der Waals surface area contributed by atoms with Crippen molar-refractivity contribution in [3.8, 4) is 11.5 Å². The summed E-state index contributed by atoms with van der Waals surface area (Å²) < 4.78 is 16.0. The number of aliphatic hydroxyl groups is 1. The van der Waals surface area contributed by atoms with Gasteiger partial charge in [-0.15, -0.1) is 0 Å². The first-order chi connectivity index (χ1) is 9.31. The summed E-state index contributed by atoms with van der Waals surface area (Å²) in [7, 11) is 1.65. The van der Waals surface area contributed by atoms with Crippen molar-refractivity contribution in [3.63, 3.8) is 0 Å². The molecule has 0 amide bonds. The fourth-order valence-corrected chi connectivity index (χ4v) is 1.60. The van der Waals surface area contributed by atoms with E-state index in [2.05, 4.69) is 12.2 Å². The minimum atomic E-state index is 0.0359. The van der Waals surface area contributed by atoms with Gasteiger partial charge in [0.05, 0.1) is 26.9 Å². The van der Waals surface area contributed by atoms with Gasteiger partial charge in [0.2, 0.25) is 0 Å². The van der Waals surface area contributed by atoms with E-state index in [4.69, 9.17) is 19.3 Å². The van der Waals surface area contributed by atoms with Crippen molar-refractivity contribution in [1.29, 1.82) is 0 Å². The maximum Gasteiger partial charge on any atom is 0.124 e. The summed E-state index contributed by atoms with van der Waals surface area (Å²) in [6.07, 6.45) is 0. The maximum atomic E-state index is 8.59. The third-order valence-corrected chi connectivity index (χ3v) is 2.55. The predicted octanol–water partition coefficient (Wildman–Crippen LogP) is 1.19. The standard InChI is InChI=1S/C14H23NO4/c1-3-15-11-12-10-13(17-2)4-5-14(12)19-9-8-18-7-6-16/h4-5,10,15-16H,3,6-9,11H2,1-2H3. The van der Waals surface area contributed by atoms with Crippen LogP contribution in [0.3, 0.4) is 0 Å². The molecular weight excluding hydrogens is 246 g/mol. The molecular formula is C14H23NO4. The maximum absolute atomic E-state index is 8.59. The van der Waals surface area contributed by atoms with Crippen molar-refractivity contribution in [1.82, 2.24) is 5.32 Å². The van der Waals surface area contributed by atoms with E-state index in [1.807, 2.05) is 18.2 Å². The van der Waals surface area contributed by atoms with E-state index < -0.39 is 0 Å². The van der Waals surface area contributed by atoms with E-state index >= 15 is 0 Å². The number of ether oxygens (including phenoxy) is 3.